The minimum Gasteiger partial charge on any atom is -0.481 e. The van der Waals surface area contributed by atoms with E-state index in [1.54, 1.807) is 13.2 Å². The number of hydrogen-bond acceptors (Lipinski definition) is 7. The first-order valence-electron chi connectivity index (χ1n) is 5.80. The largest absolute Gasteiger partial charge is 0.481 e. The van der Waals surface area contributed by atoms with Gasteiger partial charge in [-0.05, 0) is 19.4 Å². The zero-order chi connectivity index (χ0) is 12.4. The van der Waals surface area contributed by atoms with Gasteiger partial charge in [0.15, 0.2) is 0 Å². The van der Waals surface area contributed by atoms with Crippen molar-refractivity contribution >= 4 is 0 Å². The fourth-order valence-corrected chi connectivity index (χ4v) is 1.95. The summed E-state index contributed by atoms with van der Waals surface area (Å²) in [5.41, 5.74) is 0.592. The number of methoxy groups -OCH3 is 1. The van der Waals surface area contributed by atoms with E-state index in [4.69, 9.17) is 9.26 Å². The molecule has 0 spiro atoms. The second kappa shape index (κ2) is 4.69. The number of hydrogen-bond donors (Lipinski definition) is 1. The Kier molecular flexibility index (Phi) is 2.89. The Balaban J connectivity index is 1.87. The molecule has 0 unspecified atom stereocenters. The lowest BCUT2D eigenvalue weighted by Gasteiger charge is -2.01. The van der Waals surface area contributed by atoms with Crippen LogP contribution in [0.5, 0.6) is 5.88 Å². The lowest BCUT2D eigenvalue weighted by molar-refractivity contribution is 0.345. The van der Waals surface area contributed by atoms with Crippen molar-refractivity contribution in [3.05, 3.63) is 18.3 Å². The standard InChI is InChI=1S/C11H13N5O2/c1-17-9-5-8(13-6-14-9)10-15-11(18-16-10)7-3-2-4-12-7/h5-7,12H,2-4H2,1H3/t7-/m0/s1. The Hall–Kier alpha value is -2.02. The molecule has 7 heteroatoms. The van der Waals surface area contributed by atoms with Crippen molar-refractivity contribution in [2.24, 2.45) is 0 Å². The van der Waals surface area contributed by atoms with Crippen LogP contribution in [-0.2, 0) is 0 Å². The SMILES string of the molecule is COc1cc(-c2noc([C@@H]3CCCN3)n2)ncn1. The summed E-state index contributed by atoms with van der Waals surface area (Å²) in [6.07, 6.45) is 3.57. The summed E-state index contributed by atoms with van der Waals surface area (Å²) >= 11 is 0. The number of nitrogens with zero attached hydrogens (tertiary/aromatic N) is 4. The molecule has 0 aromatic carbocycles. The zero-order valence-corrected chi connectivity index (χ0v) is 9.96. The molecule has 0 saturated carbocycles. The van der Waals surface area contributed by atoms with E-state index in [1.165, 1.54) is 6.33 Å². The van der Waals surface area contributed by atoms with Crippen LogP contribution >= 0.6 is 0 Å². The third-order valence-corrected chi connectivity index (χ3v) is 2.88. The maximum atomic E-state index is 5.25. The molecule has 0 aliphatic carbocycles. The number of nitrogens with one attached hydrogen (secondary N) is 1. The number of aromatic nitrogens is 4. The molecule has 3 heterocycles. The van der Waals surface area contributed by atoms with Gasteiger partial charge >= 0.3 is 0 Å². The minimum absolute atomic E-state index is 0.162. The van der Waals surface area contributed by atoms with E-state index in [2.05, 4.69) is 25.4 Å². The van der Waals surface area contributed by atoms with Gasteiger partial charge in [-0.15, -0.1) is 0 Å². The predicted octanol–water partition coefficient (Wildman–Crippen LogP) is 0.960. The van der Waals surface area contributed by atoms with Gasteiger partial charge < -0.3 is 14.6 Å². The highest BCUT2D eigenvalue weighted by molar-refractivity contribution is 5.49. The fourth-order valence-electron chi connectivity index (χ4n) is 1.95. The Bertz CT molecular complexity index is 536. The molecule has 0 bridgehead atoms. The van der Waals surface area contributed by atoms with Gasteiger partial charge in [-0.25, -0.2) is 9.97 Å². The van der Waals surface area contributed by atoms with Gasteiger partial charge in [0.25, 0.3) is 0 Å². The smallest absolute Gasteiger partial charge is 0.244 e. The number of rotatable bonds is 3. The average molecular weight is 247 g/mol. The molecule has 0 amide bonds. The molecule has 1 aliphatic heterocycles. The van der Waals surface area contributed by atoms with Crippen LogP contribution in [0.2, 0.25) is 0 Å². The van der Waals surface area contributed by atoms with Crippen molar-refractivity contribution < 1.29 is 9.26 Å². The normalized spacial score (nSPS) is 19.1. The highest BCUT2D eigenvalue weighted by atomic mass is 16.5. The van der Waals surface area contributed by atoms with Crippen LogP contribution in [0, 0.1) is 0 Å². The lowest BCUT2D eigenvalue weighted by atomic mass is 10.2. The van der Waals surface area contributed by atoms with Crippen molar-refractivity contribution in [3.63, 3.8) is 0 Å². The molecule has 1 aliphatic rings. The van der Waals surface area contributed by atoms with Gasteiger partial charge in [-0.2, -0.15) is 4.98 Å². The first kappa shape index (κ1) is 11.1. The molecule has 1 fully saturated rings. The summed E-state index contributed by atoms with van der Waals surface area (Å²) in [4.78, 5) is 12.4. The van der Waals surface area contributed by atoms with Crippen LogP contribution < -0.4 is 10.1 Å². The first-order chi connectivity index (χ1) is 8.86. The second-order valence-electron chi connectivity index (χ2n) is 4.05. The van der Waals surface area contributed by atoms with Crippen LogP contribution in [0.4, 0.5) is 0 Å². The molecule has 1 saturated heterocycles. The third kappa shape index (κ3) is 2.04. The molecule has 1 N–H and O–H groups in total. The lowest BCUT2D eigenvalue weighted by Crippen LogP contribution is -2.12. The van der Waals surface area contributed by atoms with Gasteiger partial charge in [-0.3, -0.25) is 0 Å². The molecule has 94 valence electrons. The van der Waals surface area contributed by atoms with E-state index in [1.807, 2.05) is 0 Å². The van der Waals surface area contributed by atoms with E-state index in [9.17, 15) is 0 Å². The predicted molar refractivity (Wildman–Crippen MR) is 61.9 cm³/mol. The summed E-state index contributed by atoms with van der Waals surface area (Å²) in [5.74, 6) is 1.55. The molecule has 3 rings (SSSR count). The van der Waals surface area contributed by atoms with E-state index < -0.39 is 0 Å². The molecular formula is C11H13N5O2. The van der Waals surface area contributed by atoms with E-state index in [-0.39, 0.29) is 6.04 Å². The first-order valence-corrected chi connectivity index (χ1v) is 5.80. The Morgan fingerprint density at radius 3 is 3.17 bits per heavy atom. The molecule has 2 aromatic rings. The molecule has 0 radical (unpaired) electrons. The molecule has 7 nitrogen and oxygen atoms in total. The van der Waals surface area contributed by atoms with Crippen LogP contribution in [0.25, 0.3) is 11.5 Å². The van der Waals surface area contributed by atoms with Crippen molar-refractivity contribution in [3.8, 4) is 17.4 Å². The summed E-state index contributed by atoms with van der Waals surface area (Å²) in [7, 11) is 1.55. The molecule has 1 atom stereocenters. The van der Waals surface area contributed by atoms with E-state index in [0.29, 0.717) is 23.3 Å². The Morgan fingerprint density at radius 2 is 2.39 bits per heavy atom. The van der Waals surface area contributed by atoms with Crippen LogP contribution in [0.3, 0.4) is 0 Å². The van der Waals surface area contributed by atoms with E-state index >= 15 is 0 Å². The molecule has 18 heavy (non-hydrogen) atoms. The Labute approximate surface area is 104 Å². The summed E-state index contributed by atoms with van der Waals surface area (Å²) < 4.78 is 10.3. The van der Waals surface area contributed by atoms with Crippen LogP contribution in [0.15, 0.2) is 16.9 Å². The third-order valence-electron chi connectivity index (χ3n) is 2.88. The zero-order valence-electron chi connectivity index (χ0n) is 9.96. The van der Waals surface area contributed by atoms with Crippen molar-refractivity contribution in [1.29, 1.82) is 0 Å². The van der Waals surface area contributed by atoms with Gasteiger partial charge in [0, 0.05) is 6.07 Å². The summed E-state index contributed by atoms with van der Waals surface area (Å²) in [6, 6.07) is 1.84. The van der Waals surface area contributed by atoms with Gasteiger partial charge in [-0.1, -0.05) is 5.16 Å². The summed E-state index contributed by atoms with van der Waals surface area (Å²) in [6.45, 7) is 0.990. The monoisotopic (exact) mass is 247 g/mol. The highest BCUT2D eigenvalue weighted by Gasteiger charge is 2.23. The van der Waals surface area contributed by atoms with Crippen molar-refractivity contribution in [1.82, 2.24) is 25.4 Å². The highest BCUT2D eigenvalue weighted by Crippen LogP contribution is 2.24. The van der Waals surface area contributed by atoms with Crippen LogP contribution in [0.1, 0.15) is 24.8 Å². The van der Waals surface area contributed by atoms with E-state index in [0.717, 1.165) is 19.4 Å². The molecule has 2 aromatic heterocycles. The average Bonchev–Trinajstić information content (AvgIpc) is 3.09. The van der Waals surface area contributed by atoms with Gasteiger partial charge in [0.2, 0.25) is 17.6 Å². The Morgan fingerprint density at radius 1 is 1.44 bits per heavy atom. The minimum atomic E-state index is 0.162. The maximum absolute atomic E-state index is 5.25. The number of ether oxygens (including phenoxy) is 1. The topological polar surface area (TPSA) is 86.0 Å². The summed E-state index contributed by atoms with van der Waals surface area (Å²) in [5, 5.41) is 7.24. The van der Waals surface area contributed by atoms with Crippen molar-refractivity contribution in [2.45, 2.75) is 18.9 Å². The molecular weight excluding hydrogens is 234 g/mol. The van der Waals surface area contributed by atoms with Crippen LogP contribution in [-0.4, -0.2) is 33.8 Å². The maximum Gasteiger partial charge on any atom is 0.244 e. The fraction of sp³-hybridized carbons (Fsp3) is 0.455. The van der Waals surface area contributed by atoms with Gasteiger partial charge in [0.05, 0.1) is 13.2 Å². The quantitative estimate of drug-likeness (QED) is 0.864. The van der Waals surface area contributed by atoms with Gasteiger partial charge in [0.1, 0.15) is 12.0 Å². The van der Waals surface area contributed by atoms with Crippen molar-refractivity contribution in [2.75, 3.05) is 13.7 Å². The second-order valence-corrected chi connectivity index (χ2v) is 4.05.